The van der Waals surface area contributed by atoms with E-state index in [1.54, 1.807) is 12.4 Å². The first-order chi connectivity index (χ1) is 21.8. The van der Waals surface area contributed by atoms with Crippen molar-refractivity contribution in [3.05, 3.63) is 182 Å². The van der Waals surface area contributed by atoms with Crippen molar-refractivity contribution in [2.45, 2.75) is 0 Å². The molecule has 0 aliphatic carbocycles. The van der Waals surface area contributed by atoms with Gasteiger partial charge in [-0.2, -0.15) is 0 Å². The lowest BCUT2D eigenvalue weighted by Crippen LogP contribution is -2.13. The molecule has 0 amide bonds. The van der Waals surface area contributed by atoms with Crippen LogP contribution in [0, 0.1) is 0 Å². The van der Waals surface area contributed by atoms with E-state index in [4.69, 9.17) is 4.98 Å². The van der Waals surface area contributed by atoms with Crippen LogP contribution in [0.2, 0.25) is 0 Å². The van der Waals surface area contributed by atoms with Gasteiger partial charge in [-0.05, 0) is 66.7 Å². The van der Waals surface area contributed by atoms with Crippen molar-refractivity contribution in [2.24, 2.45) is 0 Å². The van der Waals surface area contributed by atoms with Gasteiger partial charge < -0.3 is 9.80 Å². The van der Waals surface area contributed by atoms with Crippen LogP contribution in [-0.2, 0) is 0 Å². The first kappa shape index (κ1) is 26.9. The molecule has 44 heavy (non-hydrogen) atoms. The number of para-hydroxylation sites is 3. The minimum absolute atomic E-state index is 0.861. The van der Waals surface area contributed by atoms with E-state index in [-0.39, 0.29) is 0 Å². The topological polar surface area (TPSA) is 32.3 Å². The highest BCUT2D eigenvalue weighted by atomic mass is 15.2. The Bertz CT molecular complexity index is 1900. The minimum Gasteiger partial charge on any atom is -0.310 e. The maximum absolute atomic E-state index is 4.72. The highest BCUT2D eigenvalue weighted by Gasteiger charge is 2.17. The molecule has 0 N–H and O–H groups in total. The molecule has 0 spiro atoms. The molecule has 0 saturated carbocycles. The van der Waals surface area contributed by atoms with Crippen molar-refractivity contribution in [1.29, 1.82) is 0 Å². The zero-order valence-corrected chi connectivity index (χ0v) is 24.1. The van der Waals surface area contributed by atoms with E-state index in [0.717, 1.165) is 56.6 Å². The molecule has 4 nitrogen and oxygen atoms in total. The molecule has 0 fully saturated rings. The third kappa shape index (κ3) is 5.57. The summed E-state index contributed by atoms with van der Waals surface area (Å²) in [5.74, 6) is 0. The molecule has 0 bridgehead atoms. The number of rotatable bonds is 8. The zero-order chi connectivity index (χ0) is 29.6. The molecular formula is C40H30N4. The lowest BCUT2D eigenvalue weighted by atomic mass is 10.0. The van der Waals surface area contributed by atoms with Gasteiger partial charge in [0.15, 0.2) is 0 Å². The summed E-state index contributed by atoms with van der Waals surface area (Å²) < 4.78 is 0. The maximum Gasteiger partial charge on any atom is 0.0965 e. The molecule has 4 heteroatoms. The largest absolute Gasteiger partial charge is 0.310 e. The van der Waals surface area contributed by atoms with Gasteiger partial charge >= 0.3 is 0 Å². The Morgan fingerprint density at radius 3 is 1.07 bits per heavy atom. The third-order valence-corrected chi connectivity index (χ3v) is 7.53. The smallest absolute Gasteiger partial charge is 0.0965 e. The van der Waals surface area contributed by atoms with Crippen LogP contribution < -0.4 is 9.80 Å². The van der Waals surface area contributed by atoms with Gasteiger partial charge in [0.2, 0.25) is 0 Å². The number of hydrogen-bond donors (Lipinski definition) is 0. The molecule has 0 radical (unpaired) electrons. The highest BCUT2D eigenvalue weighted by molar-refractivity contribution is 5.84. The third-order valence-electron chi connectivity index (χ3n) is 7.53. The molecule has 7 rings (SSSR count). The van der Waals surface area contributed by atoms with Crippen molar-refractivity contribution < 1.29 is 0 Å². The normalized spacial score (nSPS) is 10.7. The van der Waals surface area contributed by atoms with Gasteiger partial charge in [0.1, 0.15) is 0 Å². The lowest BCUT2D eigenvalue weighted by Gasteiger charge is -2.29. The molecule has 0 aliphatic rings. The Morgan fingerprint density at radius 1 is 0.295 bits per heavy atom. The second-order valence-corrected chi connectivity index (χ2v) is 10.4. The predicted octanol–water partition coefficient (Wildman–Crippen LogP) is 10.8. The van der Waals surface area contributed by atoms with Crippen molar-refractivity contribution in [3.8, 4) is 22.5 Å². The van der Waals surface area contributed by atoms with Crippen molar-refractivity contribution in [2.75, 3.05) is 9.80 Å². The molecule has 6 aromatic carbocycles. The van der Waals surface area contributed by atoms with E-state index < -0.39 is 0 Å². The molecule has 0 aliphatic heterocycles. The van der Waals surface area contributed by atoms with Crippen molar-refractivity contribution >= 4 is 34.1 Å². The van der Waals surface area contributed by atoms with E-state index in [0.29, 0.717) is 0 Å². The van der Waals surface area contributed by atoms with Crippen LogP contribution in [0.5, 0.6) is 0 Å². The summed E-state index contributed by atoms with van der Waals surface area (Å²) in [4.78, 5) is 14.0. The van der Waals surface area contributed by atoms with E-state index in [1.165, 1.54) is 0 Å². The summed E-state index contributed by atoms with van der Waals surface area (Å²) in [6.07, 6.45) is 3.50. The number of hydrogen-bond acceptors (Lipinski definition) is 4. The number of nitrogens with zero attached hydrogens (tertiary/aromatic N) is 4. The predicted molar refractivity (Wildman–Crippen MR) is 182 cm³/mol. The van der Waals surface area contributed by atoms with Crippen LogP contribution in [-0.4, -0.2) is 9.97 Å². The van der Waals surface area contributed by atoms with Gasteiger partial charge in [-0.15, -0.1) is 0 Å². The fourth-order valence-electron chi connectivity index (χ4n) is 5.52. The lowest BCUT2D eigenvalue weighted by molar-refractivity contribution is 1.21. The monoisotopic (exact) mass is 566 g/mol. The summed E-state index contributed by atoms with van der Waals surface area (Å²) in [5, 5.41) is 0. The van der Waals surface area contributed by atoms with Crippen LogP contribution in [0.15, 0.2) is 182 Å². The van der Waals surface area contributed by atoms with Crippen molar-refractivity contribution in [1.82, 2.24) is 9.97 Å². The molecule has 7 aromatic rings. The quantitative estimate of drug-likeness (QED) is 0.183. The number of aromatic nitrogens is 2. The average Bonchev–Trinajstić information content (AvgIpc) is 3.11. The van der Waals surface area contributed by atoms with Gasteiger partial charge in [-0.1, -0.05) is 103 Å². The van der Waals surface area contributed by atoms with E-state index >= 15 is 0 Å². The Hall–Kier alpha value is -6.00. The Balaban J connectivity index is 1.31. The zero-order valence-electron chi connectivity index (χ0n) is 24.1. The highest BCUT2D eigenvalue weighted by Crippen LogP contribution is 2.40. The van der Waals surface area contributed by atoms with Gasteiger partial charge in [-0.3, -0.25) is 9.97 Å². The number of anilines is 6. The number of benzene rings is 6. The van der Waals surface area contributed by atoms with E-state index in [9.17, 15) is 0 Å². The fraction of sp³-hybridized carbons (Fsp3) is 0. The molecule has 1 heterocycles. The van der Waals surface area contributed by atoms with Crippen LogP contribution in [0.25, 0.3) is 22.5 Å². The van der Waals surface area contributed by atoms with E-state index in [1.807, 2.05) is 36.4 Å². The summed E-state index contributed by atoms with van der Waals surface area (Å²) in [7, 11) is 0. The molecule has 1 aromatic heterocycles. The Morgan fingerprint density at radius 2 is 0.636 bits per heavy atom. The second kappa shape index (κ2) is 12.5. The Kier molecular flexibility index (Phi) is 7.62. The van der Waals surface area contributed by atoms with Gasteiger partial charge in [0.25, 0.3) is 0 Å². The van der Waals surface area contributed by atoms with E-state index in [2.05, 4.69) is 148 Å². The Labute approximate surface area is 258 Å². The average molecular weight is 567 g/mol. The summed E-state index contributed by atoms with van der Waals surface area (Å²) in [6, 6.07) is 58.9. The van der Waals surface area contributed by atoms with Crippen molar-refractivity contribution in [3.63, 3.8) is 0 Å². The standard InChI is InChI=1S/C40H30N4/c1-5-14-31(15-6-1)39-40(42-29-28-41-39)32-24-26-36(27-25-32)44(35-20-11-4-12-21-35)38-23-13-22-37(30-38)43(33-16-7-2-8-17-33)34-18-9-3-10-19-34/h1-30H. The first-order valence-electron chi connectivity index (χ1n) is 14.7. The molecule has 0 atom stereocenters. The van der Waals surface area contributed by atoms with Gasteiger partial charge in [0.05, 0.1) is 11.4 Å². The summed E-state index contributed by atoms with van der Waals surface area (Å²) in [5.41, 5.74) is 10.3. The van der Waals surface area contributed by atoms with Crippen LogP contribution >= 0.6 is 0 Å². The molecule has 0 saturated heterocycles. The van der Waals surface area contributed by atoms with Gasteiger partial charge in [0, 0.05) is 57.6 Å². The second-order valence-electron chi connectivity index (χ2n) is 10.4. The first-order valence-corrected chi connectivity index (χ1v) is 14.7. The van der Waals surface area contributed by atoms with Crippen LogP contribution in [0.4, 0.5) is 34.1 Å². The summed E-state index contributed by atoms with van der Waals surface area (Å²) >= 11 is 0. The molecular weight excluding hydrogens is 536 g/mol. The maximum atomic E-state index is 4.72. The van der Waals surface area contributed by atoms with Crippen LogP contribution in [0.1, 0.15) is 0 Å². The van der Waals surface area contributed by atoms with Crippen LogP contribution in [0.3, 0.4) is 0 Å². The minimum atomic E-state index is 0.861. The molecule has 0 unspecified atom stereocenters. The SMILES string of the molecule is c1ccc(-c2nccnc2-c2ccc(N(c3ccccc3)c3cccc(N(c4ccccc4)c4ccccc4)c3)cc2)cc1. The van der Waals surface area contributed by atoms with Gasteiger partial charge in [-0.25, -0.2) is 0 Å². The fourth-order valence-corrected chi connectivity index (χ4v) is 5.52. The summed E-state index contributed by atoms with van der Waals surface area (Å²) in [6.45, 7) is 0. The molecule has 210 valence electrons.